The van der Waals surface area contributed by atoms with Crippen LogP contribution in [-0.2, 0) is 19.5 Å². The van der Waals surface area contributed by atoms with Crippen molar-refractivity contribution in [2.45, 2.75) is 26.4 Å². The van der Waals surface area contributed by atoms with E-state index in [1.165, 1.54) is 16.9 Å². The van der Waals surface area contributed by atoms with Gasteiger partial charge in [0.15, 0.2) is 0 Å². The average molecular weight is 355 g/mol. The lowest BCUT2D eigenvalue weighted by molar-refractivity contribution is 0.271. The third-order valence-corrected chi connectivity index (χ3v) is 5.87. The molecule has 0 N–H and O–H groups in total. The van der Waals surface area contributed by atoms with Gasteiger partial charge in [-0.15, -0.1) is 11.3 Å². The molecule has 6 heteroatoms. The molecule has 1 aliphatic heterocycles. The predicted octanol–water partition coefficient (Wildman–Crippen LogP) is 2.83. The maximum Gasteiger partial charge on any atom is 0.271 e. The van der Waals surface area contributed by atoms with Crippen molar-refractivity contribution >= 4 is 21.6 Å². The molecule has 5 nitrogen and oxygen atoms in total. The number of rotatable bonds is 3. The highest BCUT2D eigenvalue weighted by Crippen LogP contribution is 2.22. The first-order valence-corrected chi connectivity index (χ1v) is 9.36. The molecule has 1 aromatic carbocycles. The number of ether oxygens (including phenoxy) is 1. The molecule has 0 atom stereocenters. The number of hydrogen-bond acceptors (Lipinski definition) is 5. The lowest BCUT2D eigenvalue weighted by Gasteiger charge is -2.19. The zero-order valence-corrected chi connectivity index (χ0v) is 15.3. The summed E-state index contributed by atoms with van der Waals surface area (Å²) in [7, 11) is 1.68. The van der Waals surface area contributed by atoms with Gasteiger partial charge < -0.3 is 4.74 Å². The van der Waals surface area contributed by atoms with Crippen LogP contribution in [0.2, 0.25) is 0 Å². The second-order valence-electron chi connectivity index (χ2n) is 6.46. The third-order valence-electron chi connectivity index (χ3n) is 4.79. The van der Waals surface area contributed by atoms with Crippen LogP contribution in [-0.4, -0.2) is 34.7 Å². The first-order valence-electron chi connectivity index (χ1n) is 8.48. The van der Waals surface area contributed by atoms with Crippen LogP contribution in [0.25, 0.3) is 10.2 Å². The minimum atomic E-state index is 0.115. The second-order valence-corrected chi connectivity index (χ2v) is 7.34. The number of hydrogen-bond donors (Lipinski definition) is 0. The van der Waals surface area contributed by atoms with E-state index >= 15 is 0 Å². The maximum atomic E-state index is 12.8. The molecule has 0 fully saturated rings. The van der Waals surface area contributed by atoms with Gasteiger partial charge in [0.2, 0.25) is 0 Å². The van der Waals surface area contributed by atoms with Crippen LogP contribution in [0.3, 0.4) is 0 Å². The molecule has 0 unspecified atom stereocenters. The van der Waals surface area contributed by atoms with Crippen molar-refractivity contribution in [1.82, 2.24) is 14.5 Å². The zero-order valence-electron chi connectivity index (χ0n) is 14.5. The van der Waals surface area contributed by atoms with Crippen LogP contribution in [0.5, 0.6) is 5.75 Å². The molecule has 1 aliphatic rings. The largest absolute Gasteiger partial charge is 0.497 e. The fraction of sp³-hybridized carbons (Fsp3) is 0.368. The van der Waals surface area contributed by atoms with Crippen molar-refractivity contribution in [3.8, 4) is 5.75 Å². The van der Waals surface area contributed by atoms with E-state index in [9.17, 15) is 4.79 Å². The number of methoxy groups -OCH3 is 1. The highest BCUT2D eigenvalue weighted by Gasteiger charge is 2.19. The lowest BCUT2D eigenvalue weighted by Crippen LogP contribution is -2.28. The number of aryl methyl sites for hydroxylation is 1. The summed E-state index contributed by atoms with van der Waals surface area (Å²) >= 11 is 1.51. The van der Waals surface area contributed by atoms with Crippen molar-refractivity contribution in [3.63, 3.8) is 0 Å². The number of fused-ring (bicyclic) bond motifs is 2. The van der Waals surface area contributed by atoms with Crippen LogP contribution in [0.15, 0.2) is 34.4 Å². The van der Waals surface area contributed by atoms with E-state index in [1.807, 2.05) is 29.0 Å². The zero-order chi connectivity index (χ0) is 17.4. The Hall–Kier alpha value is -2.18. The van der Waals surface area contributed by atoms with Crippen molar-refractivity contribution in [3.05, 3.63) is 57.0 Å². The molecule has 0 radical (unpaired) electrons. The molecule has 4 rings (SSSR count). The molecular weight excluding hydrogens is 334 g/mol. The standard InChI is InChI=1S/C19H21N3O2S/c1-13-12-25-18-17(13)20-16-7-8-21(9-10-22(16)19(18)23)11-14-3-5-15(24-2)6-4-14/h3-6,12H,7-11H2,1-2H3. The quantitative estimate of drug-likeness (QED) is 0.725. The summed E-state index contributed by atoms with van der Waals surface area (Å²) in [4.78, 5) is 20.0. The van der Waals surface area contributed by atoms with E-state index in [0.717, 1.165) is 53.4 Å². The molecule has 130 valence electrons. The Morgan fingerprint density at radius 2 is 2.00 bits per heavy atom. The smallest absolute Gasteiger partial charge is 0.271 e. The fourth-order valence-electron chi connectivity index (χ4n) is 3.34. The summed E-state index contributed by atoms with van der Waals surface area (Å²) in [5.74, 6) is 1.79. The molecule has 0 bridgehead atoms. The Morgan fingerprint density at radius 3 is 2.76 bits per heavy atom. The Labute approximate surface area is 150 Å². The summed E-state index contributed by atoms with van der Waals surface area (Å²) in [6.07, 6.45) is 0.802. The van der Waals surface area contributed by atoms with Crippen LogP contribution in [0.4, 0.5) is 0 Å². The van der Waals surface area contributed by atoms with Crippen molar-refractivity contribution in [2.24, 2.45) is 0 Å². The van der Waals surface area contributed by atoms with Crippen LogP contribution >= 0.6 is 11.3 Å². The molecular formula is C19H21N3O2S. The van der Waals surface area contributed by atoms with E-state index in [0.29, 0.717) is 6.54 Å². The molecule has 3 aromatic rings. The van der Waals surface area contributed by atoms with Crippen molar-refractivity contribution in [2.75, 3.05) is 20.2 Å². The topological polar surface area (TPSA) is 47.4 Å². The van der Waals surface area contributed by atoms with Gasteiger partial charge >= 0.3 is 0 Å². The van der Waals surface area contributed by atoms with Gasteiger partial charge in [-0.05, 0) is 35.6 Å². The molecule has 2 aromatic heterocycles. The number of thiophene rings is 1. The van der Waals surface area contributed by atoms with Crippen LogP contribution < -0.4 is 10.3 Å². The van der Waals surface area contributed by atoms with Gasteiger partial charge in [0.1, 0.15) is 16.3 Å². The van der Waals surface area contributed by atoms with Crippen LogP contribution in [0, 0.1) is 6.92 Å². The van der Waals surface area contributed by atoms with Gasteiger partial charge in [-0.3, -0.25) is 14.3 Å². The molecule has 0 saturated carbocycles. The minimum Gasteiger partial charge on any atom is -0.497 e. The highest BCUT2D eigenvalue weighted by molar-refractivity contribution is 7.17. The van der Waals surface area contributed by atoms with E-state index in [1.54, 1.807) is 7.11 Å². The third kappa shape index (κ3) is 3.07. The van der Waals surface area contributed by atoms with Gasteiger partial charge in [-0.2, -0.15) is 0 Å². The lowest BCUT2D eigenvalue weighted by atomic mass is 10.2. The first-order chi connectivity index (χ1) is 12.2. The van der Waals surface area contributed by atoms with E-state index in [4.69, 9.17) is 9.72 Å². The summed E-state index contributed by atoms with van der Waals surface area (Å²) in [6.45, 7) is 5.36. The second kappa shape index (κ2) is 6.61. The summed E-state index contributed by atoms with van der Waals surface area (Å²) in [6, 6.07) is 8.18. The number of aromatic nitrogens is 2. The summed E-state index contributed by atoms with van der Waals surface area (Å²) < 4.78 is 7.86. The van der Waals surface area contributed by atoms with E-state index in [-0.39, 0.29) is 5.56 Å². The Bertz CT molecular complexity index is 959. The van der Waals surface area contributed by atoms with Crippen LogP contribution in [0.1, 0.15) is 17.0 Å². The van der Waals surface area contributed by atoms with Gasteiger partial charge in [0.25, 0.3) is 5.56 Å². The minimum absolute atomic E-state index is 0.115. The Balaban J connectivity index is 1.56. The van der Waals surface area contributed by atoms with E-state index < -0.39 is 0 Å². The van der Waals surface area contributed by atoms with Gasteiger partial charge in [-0.25, -0.2) is 4.98 Å². The summed E-state index contributed by atoms with van der Waals surface area (Å²) in [5.41, 5.74) is 3.35. The maximum absolute atomic E-state index is 12.8. The summed E-state index contributed by atoms with van der Waals surface area (Å²) in [5, 5.41) is 2.02. The van der Waals surface area contributed by atoms with Gasteiger partial charge in [-0.1, -0.05) is 12.1 Å². The number of nitrogens with zero attached hydrogens (tertiary/aromatic N) is 3. The fourth-order valence-corrected chi connectivity index (χ4v) is 4.27. The molecule has 3 heterocycles. The Kier molecular flexibility index (Phi) is 4.31. The normalized spacial score (nSPS) is 15.1. The molecule has 25 heavy (non-hydrogen) atoms. The predicted molar refractivity (Wildman–Crippen MR) is 101 cm³/mol. The van der Waals surface area contributed by atoms with Gasteiger partial charge in [0.05, 0.1) is 12.6 Å². The van der Waals surface area contributed by atoms with Gasteiger partial charge in [0, 0.05) is 32.6 Å². The number of benzene rings is 1. The molecule has 0 amide bonds. The first kappa shape index (κ1) is 16.3. The molecule has 0 saturated heterocycles. The van der Waals surface area contributed by atoms with Crippen molar-refractivity contribution < 1.29 is 4.74 Å². The highest BCUT2D eigenvalue weighted by atomic mass is 32.1. The van der Waals surface area contributed by atoms with Crippen molar-refractivity contribution in [1.29, 1.82) is 0 Å². The average Bonchev–Trinajstić information content (AvgIpc) is 2.87. The Morgan fingerprint density at radius 1 is 1.20 bits per heavy atom. The molecule has 0 aliphatic carbocycles. The monoisotopic (exact) mass is 355 g/mol. The molecule has 0 spiro atoms. The van der Waals surface area contributed by atoms with E-state index in [2.05, 4.69) is 17.0 Å². The SMILES string of the molecule is COc1ccc(CN2CCc3nc4c(C)csc4c(=O)n3CC2)cc1.